The van der Waals surface area contributed by atoms with Gasteiger partial charge in [-0.25, -0.2) is 0 Å². The monoisotopic (exact) mass is 408 g/mol. The van der Waals surface area contributed by atoms with Crippen molar-refractivity contribution in [3.05, 3.63) is 0 Å². The van der Waals surface area contributed by atoms with Gasteiger partial charge in [-0.05, 0) is 12.8 Å². The smallest absolute Gasteiger partial charge is 1.00 e. The number of aliphatic carboxylic acids is 2. The molecule has 0 aromatic carbocycles. The SMILES string of the molecule is CCCCCCCCCCCCC(CCCCCCCC)(C(=O)O)C(=O)O.[H-].[Na+]. The van der Waals surface area contributed by atoms with Crippen LogP contribution >= 0.6 is 0 Å². The fourth-order valence-electron chi connectivity index (χ4n) is 3.77. The Kier molecular flexibility index (Phi) is 21.8. The number of unbranched alkanes of at least 4 members (excludes halogenated alkanes) is 14. The third-order valence-electron chi connectivity index (χ3n) is 5.73. The van der Waals surface area contributed by atoms with Gasteiger partial charge in [0.1, 0.15) is 0 Å². The van der Waals surface area contributed by atoms with Gasteiger partial charge in [-0.15, -0.1) is 0 Å². The van der Waals surface area contributed by atoms with Crippen molar-refractivity contribution in [1.29, 1.82) is 0 Å². The van der Waals surface area contributed by atoms with Crippen molar-refractivity contribution in [1.82, 2.24) is 0 Å². The van der Waals surface area contributed by atoms with Crippen molar-refractivity contribution in [3.63, 3.8) is 0 Å². The molecule has 0 aliphatic heterocycles. The van der Waals surface area contributed by atoms with E-state index in [-0.39, 0.29) is 43.8 Å². The standard InChI is InChI=1S/C23H44O4.Na.H/c1-3-5-7-9-11-12-13-14-16-18-20-23(21(24)25,22(26)27)19-17-15-10-8-6-4-2;;/h3-20H2,1-2H3,(H,24,25)(H,26,27);;/q;+1;-1. The average molecular weight is 409 g/mol. The zero-order chi connectivity index (χ0) is 20.4. The zero-order valence-corrected chi connectivity index (χ0v) is 20.9. The third-order valence-corrected chi connectivity index (χ3v) is 5.73. The van der Waals surface area contributed by atoms with Crippen molar-refractivity contribution >= 4 is 11.9 Å². The third kappa shape index (κ3) is 14.0. The zero-order valence-electron chi connectivity index (χ0n) is 19.9. The molecule has 0 fully saturated rings. The van der Waals surface area contributed by atoms with Crippen LogP contribution in [0.15, 0.2) is 0 Å². The molecule has 2 N–H and O–H groups in total. The largest absolute Gasteiger partial charge is 1.00 e. The summed E-state index contributed by atoms with van der Waals surface area (Å²) >= 11 is 0. The van der Waals surface area contributed by atoms with E-state index < -0.39 is 17.4 Å². The number of hydrogen-bond donors (Lipinski definition) is 2. The van der Waals surface area contributed by atoms with Crippen molar-refractivity contribution in [2.75, 3.05) is 0 Å². The van der Waals surface area contributed by atoms with Gasteiger partial charge in [-0.2, -0.15) is 0 Å². The Hall–Kier alpha value is -0.0600. The second-order valence-corrected chi connectivity index (χ2v) is 8.14. The minimum atomic E-state index is -1.58. The Balaban J connectivity index is -0.00000338. The summed E-state index contributed by atoms with van der Waals surface area (Å²) in [5, 5.41) is 19.2. The molecule has 4 nitrogen and oxygen atoms in total. The predicted molar refractivity (Wildman–Crippen MR) is 113 cm³/mol. The molecule has 0 aliphatic carbocycles. The van der Waals surface area contributed by atoms with Crippen molar-refractivity contribution < 1.29 is 50.8 Å². The first-order valence-electron chi connectivity index (χ1n) is 11.5. The van der Waals surface area contributed by atoms with Crippen LogP contribution in [0, 0.1) is 5.41 Å². The normalized spacial score (nSPS) is 11.2. The van der Waals surface area contributed by atoms with E-state index >= 15 is 0 Å². The number of carboxylic acid groups (broad SMARTS) is 2. The molecular weight excluding hydrogens is 363 g/mol. The van der Waals surface area contributed by atoms with Gasteiger partial charge in [0.15, 0.2) is 5.41 Å². The quantitative estimate of drug-likeness (QED) is 0.179. The van der Waals surface area contributed by atoms with Crippen LogP contribution in [-0.4, -0.2) is 22.2 Å². The minimum absolute atomic E-state index is 0. The topological polar surface area (TPSA) is 74.6 Å². The molecular formula is C23H45NaO4. The first-order chi connectivity index (χ1) is 13.0. The van der Waals surface area contributed by atoms with Gasteiger partial charge in [-0.3, -0.25) is 9.59 Å². The van der Waals surface area contributed by atoms with E-state index in [4.69, 9.17) is 0 Å². The Morgan fingerprint density at radius 1 is 0.571 bits per heavy atom. The summed E-state index contributed by atoms with van der Waals surface area (Å²) in [5.41, 5.74) is -1.58. The first-order valence-corrected chi connectivity index (χ1v) is 11.5. The maximum Gasteiger partial charge on any atom is 1.00 e. The van der Waals surface area contributed by atoms with Crippen molar-refractivity contribution in [2.45, 2.75) is 129 Å². The van der Waals surface area contributed by atoms with Gasteiger partial charge in [0, 0.05) is 0 Å². The van der Waals surface area contributed by atoms with Gasteiger partial charge in [0.05, 0.1) is 0 Å². The number of rotatable bonds is 20. The first kappa shape index (κ1) is 30.1. The van der Waals surface area contributed by atoms with Crippen molar-refractivity contribution in [3.8, 4) is 0 Å². The molecule has 0 aromatic heterocycles. The Bertz CT molecular complexity index is 377. The summed E-state index contributed by atoms with van der Waals surface area (Å²) in [4.78, 5) is 23.5. The van der Waals surface area contributed by atoms with E-state index in [0.717, 1.165) is 32.1 Å². The van der Waals surface area contributed by atoms with E-state index in [1.807, 2.05) is 0 Å². The summed E-state index contributed by atoms with van der Waals surface area (Å²) in [7, 11) is 0. The molecule has 5 heteroatoms. The van der Waals surface area contributed by atoms with Crippen LogP contribution in [-0.2, 0) is 9.59 Å². The summed E-state index contributed by atoms with van der Waals surface area (Å²) < 4.78 is 0. The minimum Gasteiger partial charge on any atom is -1.00 e. The molecule has 0 bridgehead atoms. The predicted octanol–water partition coefficient (Wildman–Crippen LogP) is 4.32. The Labute approximate surface area is 197 Å². The van der Waals surface area contributed by atoms with E-state index in [1.165, 1.54) is 57.8 Å². The van der Waals surface area contributed by atoms with Gasteiger partial charge >= 0.3 is 41.5 Å². The maximum absolute atomic E-state index is 11.7. The average Bonchev–Trinajstić information content (AvgIpc) is 2.63. The molecule has 0 heterocycles. The molecule has 0 atom stereocenters. The number of hydrogen-bond acceptors (Lipinski definition) is 2. The molecule has 0 unspecified atom stereocenters. The molecule has 0 saturated heterocycles. The van der Waals surface area contributed by atoms with E-state index in [1.54, 1.807) is 0 Å². The number of carboxylic acids is 2. The molecule has 28 heavy (non-hydrogen) atoms. The van der Waals surface area contributed by atoms with E-state index in [9.17, 15) is 19.8 Å². The molecule has 0 spiro atoms. The van der Waals surface area contributed by atoms with Crippen LogP contribution in [0.3, 0.4) is 0 Å². The Morgan fingerprint density at radius 3 is 1.07 bits per heavy atom. The van der Waals surface area contributed by atoms with Crippen LogP contribution in [0.25, 0.3) is 0 Å². The summed E-state index contributed by atoms with van der Waals surface area (Å²) in [6.45, 7) is 4.38. The maximum atomic E-state index is 11.7. The molecule has 162 valence electrons. The van der Waals surface area contributed by atoms with Crippen LogP contribution in [0.5, 0.6) is 0 Å². The van der Waals surface area contributed by atoms with Gasteiger partial charge in [0.25, 0.3) is 0 Å². The van der Waals surface area contributed by atoms with Crippen LogP contribution < -0.4 is 29.6 Å². The van der Waals surface area contributed by atoms with Gasteiger partial charge in [-0.1, -0.05) is 117 Å². The van der Waals surface area contributed by atoms with Crippen molar-refractivity contribution in [2.24, 2.45) is 5.41 Å². The summed E-state index contributed by atoms with van der Waals surface area (Å²) in [6.07, 6.45) is 18.4. The van der Waals surface area contributed by atoms with Crippen LogP contribution in [0.1, 0.15) is 131 Å². The molecule has 0 amide bonds. The molecule has 0 aromatic rings. The second kappa shape index (κ2) is 20.2. The molecule has 0 radical (unpaired) electrons. The fraction of sp³-hybridized carbons (Fsp3) is 0.913. The fourth-order valence-corrected chi connectivity index (χ4v) is 3.77. The van der Waals surface area contributed by atoms with Gasteiger partial charge < -0.3 is 11.6 Å². The summed E-state index contributed by atoms with van der Waals surface area (Å²) in [5.74, 6) is -2.31. The molecule has 0 rings (SSSR count). The Morgan fingerprint density at radius 2 is 0.821 bits per heavy atom. The van der Waals surface area contributed by atoms with Crippen LogP contribution in [0.2, 0.25) is 0 Å². The number of carbonyl (C=O) groups is 2. The van der Waals surface area contributed by atoms with E-state index in [2.05, 4.69) is 13.8 Å². The molecule has 0 aliphatic rings. The van der Waals surface area contributed by atoms with Gasteiger partial charge in [0.2, 0.25) is 0 Å². The second-order valence-electron chi connectivity index (χ2n) is 8.14. The van der Waals surface area contributed by atoms with E-state index in [0.29, 0.717) is 12.8 Å². The summed E-state index contributed by atoms with van der Waals surface area (Å²) in [6, 6.07) is 0. The molecule has 0 saturated carbocycles. The van der Waals surface area contributed by atoms with Crippen LogP contribution in [0.4, 0.5) is 0 Å².